The first-order valence-corrected chi connectivity index (χ1v) is 5.97. The molecule has 0 aliphatic heterocycles. The Kier molecular flexibility index (Phi) is 5.87. The molecule has 8 nitrogen and oxygen atoms in total. The molecule has 8 heteroatoms. The molecule has 0 aliphatic rings. The third-order valence-corrected chi connectivity index (χ3v) is 2.46. The van der Waals surface area contributed by atoms with Crippen molar-refractivity contribution in [2.24, 2.45) is 0 Å². The summed E-state index contributed by atoms with van der Waals surface area (Å²) in [6.45, 7) is -0.447. The fourth-order valence-corrected chi connectivity index (χ4v) is 1.47. The van der Waals surface area contributed by atoms with Gasteiger partial charge in [-0.25, -0.2) is 4.79 Å². The number of benzene rings is 1. The van der Waals surface area contributed by atoms with Gasteiger partial charge in [-0.3, -0.25) is 14.4 Å². The van der Waals surface area contributed by atoms with Gasteiger partial charge < -0.3 is 20.8 Å². The minimum Gasteiger partial charge on any atom is -0.481 e. The van der Waals surface area contributed by atoms with Crippen LogP contribution in [0.5, 0.6) is 0 Å². The first-order chi connectivity index (χ1) is 9.90. The van der Waals surface area contributed by atoms with E-state index in [4.69, 9.17) is 10.2 Å². The van der Waals surface area contributed by atoms with E-state index in [1.807, 2.05) is 5.32 Å². The number of amides is 2. The predicted octanol–water partition coefficient (Wildman–Crippen LogP) is -0.539. The summed E-state index contributed by atoms with van der Waals surface area (Å²) in [4.78, 5) is 44.4. The van der Waals surface area contributed by atoms with Crippen molar-refractivity contribution in [2.45, 2.75) is 12.5 Å². The average Bonchev–Trinajstić information content (AvgIpc) is 2.44. The third-order valence-electron chi connectivity index (χ3n) is 2.46. The van der Waals surface area contributed by atoms with Crippen LogP contribution in [0.4, 0.5) is 0 Å². The molecule has 1 aromatic carbocycles. The quantitative estimate of drug-likeness (QED) is 0.534. The van der Waals surface area contributed by atoms with Crippen LogP contribution in [0.3, 0.4) is 0 Å². The van der Waals surface area contributed by atoms with Gasteiger partial charge in [0.2, 0.25) is 5.91 Å². The van der Waals surface area contributed by atoms with Crippen LogP contribution in [-0.4, -0.2) is 46.6 Å². The molecule has 112 valence electrons. The van der Waals surface area contributed by atoms with E-state index in [9.17, 15) is 19.2 Å². The highest BCUT2D eigenvalue weighted by Gasteiger charge is 2.23. The number of nitrogens with one attached hydrogen (secondary N) is 2. The van der Waals surface area contributed by atoms with Crippen LogP contribution in [-0.2, 0) is 14.4 Å². The molecule has 0 aliphatic carbocycles. The maximum absolute atomic E-state index is 11.6. The molecule has 1 atom stereocenters. The molecule has 0 saturated carbocycles. The lowest BCUT2D eigenvalue weighted by Gasteiger charge is -2.12. The lowest BCUT2D eigenvalue weighted by molar-refractivity contribution is -0.147. The van der Waals surface area contributed by atoms with E-state index in [-0.39, 0.29) is 0 Å². The molecule has 0 spiro atoms. The zero-order chi connectivity index (χ0) is 15.8. The van der Waals surface area contributed by atoms with E-state index >= 15 is 0 Å². The molecule has 1 aromatic rings. The van der Waals surface area contributed by atoms with E-state index < -0.39 is 42.8 Å². The third kappa shape index (κ3) is 5.72. The highest BCUT2D eigenvalue weighted by atomic mass is 16.4. The van der Waals surface area contributed by atoms with Gasteiger partial charge in [-0.15, -0.1) is 0 Å². The smallest absolute Gasteiger partial charge is 0.326 e. The first kappa shape index (κ1) is 16.2. The summed E-state index contributed by atoms with van der Waals surface area (Å²) in [7, 11) is 0. The zero-order valence-electron chi connectivity index (χ0n) is 10.9. The van der Waals surface area contributed by atoms with Crippen LogP contribution in [0.15, 0.2) is 30.3 Å². The zero-order valence-corrected chi connectivity index (χ0v) is 10.9. The maximum Gasteiger partial charge on any atom is 0.326 e. The largest absolute Gasteiger partial charge is 0.481 e. The predicted molar refractivity (Wildman–Crippen MR) is 70.6 cm³/mol. The Morgan fingerprint density at radius 2 is 1.67 bits per heavy atom. The Bertz CT molecular complexity index is 543. The second-order valence-corrected chi connectivity index (χ2v) is 4.10. The van der Waals surface area contributed by atoms with Crippen LogP contribution in [0, 0.1) is 0 Å². The van der Waals surface area contributed by atoms with Crippen molar-refractivity contribution in [3.05, 3.63) is 35.9 Å². The molecule has 0 radical (unpaired) electrons. The minimum absolute atomic E-state index is 0.352. The summed E-state index contributed by atoms with van der Waals surface area (Å²) < 4.78 is 0. The summed E-state index contributed by atoms with van der Waals surface area (Å²) in [5, 5.41) is 21.6. The molecule has 0 saturated heterocycles. The highest BCUT2D eigenvalue weighted by molar-refractivity contribution is 5.97. The van der Waals surface area contributed by atoms with Crippen molar-refractivity contribution in [1.29, 1.82) is 0 Å². The van der Waals surface area contributed by atoms with E-state index in [1.54, 1.807) is 30.3 Å². The Morgan fingerprint density at radius 1 is 1.05 bits per heavy atom. The second-order valence-electron chi connectivity index (χ2n) is 4.10. The van der Waals surface area contributed by atoms with E-state index in [1.165, 1.54) is 0 Å². The Balaban J connectivity index is 2.48. The Morgan fingerprint density at radius 3 is 2.19 bits per heavy atom. The van der Waals surface area contributed by atoms with Crippen molar-refractivity contribution >= 4 is 23.8 Å². The van der Waals surface area contributed by atoms with E-state index in [2.05, 4.69) is 5.32 Å². The summed E-state index contributed by atoms with van der Waals surface area (Å²) in [6.07, 6.45) is -0.742. The average molecular weight is 294 g/mol. The van der Waals surface area contributed by atoms with E-state index in [0.717, 1.165) is 0 Å². The highest BCUT2D eigenvalue weighted by Crippen LogP contribution is 1.97. The molecule has 0 heterocycles. The molecule has 0 bridgehead atoms. The molecular weight excluding hydrogens is 280 g/mol. The first-order valence-electron chi connectivity index (χ1n) is 5.97. The molecule has 2 amide bonds. The van der Waals surface area contributed by atoms with Crippen LogP contribution in [0.1, 0.15) is 16.8 Å². The maximum atomic E-state index is 11.6. The molecule has 1 unspecified atom stereocenters. The number of carboxylic acids is 2. The molecule has 1 rings (SSSR count). The van der Waals surface area contributed by atoms with Crippen molar-refractivity contribution in [1.82, 2.24) is 10.6 Å². The molecule has 0 aromatic heterocycles. The monoisotopic (exact) mass is 294 g/mol. The topological polar surface area (TPSA) is 133 Å². The fraction of sp³-hybridized carbons (Fsp3) is 0.231. The SMILES string of the molecule is O=C(O)CC(NC(=O)CNC(=O)c1ccccc1)C(=O)O. The van der Waals surface area contributed by atoms with Gasteiger partial charge in [0.05, 0.1) is 13.0 Å². The van der Waals surface area contributed by atoms with Crippen LogP contribution >= 0.6 is 0 Å². The Labute approximate surface area is 119 Å². The molecule has 4 N–H and O–H groups in total. The van der Waals surface area contributed by atoms with Gasteiger partial charge in [-0.05, 0) is 12.1 Å². The summed E-state index contributed by atoms with van der Waals surface area (Å²) in [6, 6.07) is 6.61. The van der Waals surface area contributed by atoms with Gasteiger partial charge in [-0.2, -0.15) is 0 Å². The van der Waals surface area contributed by atoms with Gasteiger partial charge >= 0.3 is 11.9 Å². The number of aliphatic carboxylic acids is 2. The summed E-state index contributed by atoms with van der Waals surface area (Å²) >= 11 is 0. The van der Waals surface area contributed by atoms with Crippen LogP contribution in [0.25, 0.3) is 0 Å². The lowest BCUT2D eigenvalue weighted by atomic mass is 10.2. The van der Waals surface area contributed by atoms with Crippen molar-refractivity contribution < 1.29 is 29.4 Å². The van der Waals surface area contributed by atoms with Gasteiger partial charge in [0.25, 0.3) is 5.91 Å². The van der Waals surface area contributed by atoms with Crippen LogP contribution in [0.2, 0.25) is 0 Å². The van der Waals surface area contributed by atoms with Gasteiger partial charge in [0.1, 0.15) is 6.04 Å². The van der Waals surface area contributed by atoms with E-state index in [0.29, 0.717) is 5.56 Å². The molecule has 21 heavy (non-hydrogen) atoms. The van der Waals surface area contributed by atoms with Crippen molar-refractivity contribution in [3.8, 4) is 0 Å². The number of carbonyl (C=O) groups excluding carboxylic acids is 2. The van der Waals surface area contributed by atoms with Crippen molar-refractivity contribution in [2.75, 3.05) is 6.54 Å². The fourth-order valence-electron chi connectivity index (χ4n) is 1.47. The summed E-state index contributed by atoms with van der Waals surface area (Å²) in [5.74, 6) is -4.08. The summed E-state index contributed by atoms with van der Waals surface area (Å²) in [5.41, 5.74) is 0.352. The lowest BCUT2D eigenvalue weighted by Crippen LogP contribution is -2.46. The number of hydrogen-bond acceptors (Lipinski definition) is 4. The Hall–Kier alpha value is -2.90. The molecular formula is C13H14N2O6. The number of carbonyl (C=O) groups is 4. The second kappa shape index (κ2) is 7.63. The van der Waals surface area contributed by atoms with Crippen molar-refractivity contribution in [3.63, 3.8) is 0 Å². The standard InChI is InChI=1S/C13H14N2O6/c16-10(15-9(13(20)21)6-11(17)18)7-14-12(19)8-4-2-1-3-5-8/h1-5,9H,6-7H2,(H,14,19)(H,15,16)(H,17,18)(H,20,21). The van der Waals surface area contributed by atoms with Gasteiger partial charge in [0.15, 0.2) is 0 Å². The minimum atomic E-state index is -1.54. The van der Waals surface area contributed by atoms with Gasteiger partial charge in [-0.1, -0.05) is 18.2 Å². The normalized spacial score (nSPS) is 11.2. The van der Waals surface area contributed by atoms with Crippen LogP contribution < -0.4 is 10.6 Å². The van der Waals surface area contributed by atoms with Gasteiger partial charge in [0, 0.05) is 5.56 Å². The number of rotatable bonds is 7. The number of hydrogen-bond donors (Lipinski definition) is 4. The molecule has 0 fully saturated rings. The number of carboxylic acid groups (broad SMARTS) is 2.